The summed E-state index contributed by atoms with van der Waals surface area (Å²) in [5, 5.41) is 0. The van der Waals surface area contributed by atoms with Crippen molar-refractivity contribution in [2.24, 2.45) is 0 Å². The van der Waals surface area contributed by atoms with Crippen molar-refractivity contribution >= 4 is 16.2 Å². The second kappa shape index (κ2) is 3.60. The van der Waals surface area contributed by atoms with E-state index >= 15 is 0 Å². The van der Waals surface area contributed by atoms with Crippen LogP contribution < -0.4 is 4.72 Å². The number of rotatable bonds is 3. The molecule has 7 heteroatoms. The lowest BCUT2D eigenvalue weighted by Crippen LogP contribution is -2.44. The molecule has 0 aromatic carbocycles. The van der Waals surface area contributed by atoms with Crippen LogP contribution in [0.1, 0.15) is 6.42 Å². The average Bonchev–Trinajstić information content (AvgIpc) is 2.35. The van der Waals surface area contributed by atoms with Gasteiger partial charge >= 0.3 is 5.97 Å². The van der Waals surface area contributed by atoms with E-state index in [1.807, 2.05) is 0 Å². The SMILES string of the molecule is CN(C)S(=O)(=O)N[C@H]1CCOC1=O. The fourth-order valence-electron chi connectivity index (χ4n) is 0.888. The Balaban J connectivity index is 2.63. The molecule has 1 aliphatic heterocycles. The zero-order valence-electron chi connectivity index (χ0n) is 7.48. The van der Waals surface area contributed by atoms with E-state index < -0.39 is 22.2 Å². The molecule has 1 atom stereocenters. The van der Waals surface area contributed by atoms with Crippen LogP contribution >= 0.6 is 0 Å². The minimum absolute atomic E-state index is 0.277. The monoisotopic (exact) mass is 208 g/mol. The Morgan fingerprint density at radius 2 is 2.15 bits per heavy atom. The van der Waals surface area contributed by atoms with E-state index in [-0.39, 0.29) is 6.61 Å². The molecule has 1 saturated heterocycles. The molecule has 0 unspecified atom stereocenters. The summed E-state index contributed by atoms with van der Waals surface area (Å²) in [7, 11) is -0.749. The summed E-state index contributed by atoms with van der Waals surface area (Å²) in [6.07, 6.45) is 0.395. The molecule has 6 nitrogen and oxygen atoms in total. The van der Waals surface area contributed by atoms with Crippen LogP contribution in [-0.4, -0.2) is 45.4 Å². The van der Waals surface area contributed by atoms with Gasteiger partial charge in [0.1, 0.15) is 6.04 Å². The Morgan fingerprint density at radius 1 is 1.54 bits per heavy atom. The Labute approximate surface area is 77.0 Å². The zero-order valence-corrected chi connectivity index (χ0v) is 8.30. The molecule has 76 valence electrons. The minimum atomic E-state index is -3.53. The Hall–Kier alpha value is -0.660. The van der Waals surface area contributed by atoms with Gasteiger partial charge in [-0.25, -0.2) is 0 Å². The Morgan fingerprint density at radius 3 is 2.54 bits per heavy atom. The summed E-state index contributed by atoms with van der Waals surface area (Å²) in [5.41, 5.74) is 0. The van der Waals surface area contributed by atoms with Crippen LogP contribution in [0, 0.1) is 0 Å². The van der Waals surface area contributed by atoms with Gasteiger partial charge in [-0.15, -0.1) is 0 Å². The van der Waals surface area contributed by atoms with Gasteiger partial charge in [0.25, 0.3) is 10.2 Å². The highest BCUT2D eigenvalue weighted by molar-refractivity contribution is 7.87. The van der Waals surface area contributed by atoms with Gasteiger partial charge < -0.3 is 4.74 Å². The quantitative estimate of drug-likeness (QED) is 0.585. The van der Waals surface area contributed by atoms with Crippen LogP contribution in [0.2, 0.25) is 0 Å². The van der Waals surface area contributed by atoms with Crippen molar-refractivity contribution in [1.82, 2.24) is 9.03 Å². The molecule has 1 aliphatic rings. The van der Waals surface area contributed by atoms with Crippen molar-refractivity contribution in [1.29, 1.82) is 0 Å². The summed E-state index contributed by atoms with van der Waals surface area (Å²) in [4.78, 5) is 10.9. The van der Waals surface area contributed by atoms with Crippen LogP contribution in [0.3, 0.4) is 0 Å². The van der Waals surface area contributed by atoms with E-state index in [1.165, 1.54) is 14.1 Å². The van der Waals surface area contributed by atoms with Gasteiger partial charge in [0.15, 0.2) is 0 Å². The van der Waals surface area contributed by atoms with E-state index in [1.54, 1.807) is 0 Å². The standard InChI is InChI=1S/C6H12N2O4S/c1-8(2)13(10,11)7-5-3-4-12-6(5)9/h5,7H,3-4H2,1-2H3/t5-/m0/s1. The van der Waals surface area contributed by atoms with Crippen molar-refractivity contribution in [3.8, 4) is 0 Å². The molecule has 0 bridgehead atoms. The molecule has 1 N–H and O–H groups in total. The first-order chi connectivity index (χ1) is 5.93. The highest BCUT2D eigenvalue weighted by Gasteiger charge is 2.31. The van der Waals surface area contributed by atoms with E-state index in [2.05, 4.69) is 9.46 Å². The molecule has 13 heavy (non-hydrogen) atoms. The third kappa shape index (κ3) is 2.39. The number of carbonyl (C=O) groups is 1. The van der Waals surface area contributed by atoms with Crippen LogP contribution in [-0.2, 0) is 19.7 Å². The van der Waals surface area contributed by atoms with Gasteiger partial charge in [0.2, 0.25) is 0 Å². The smallest absolute Gasteiger partial charge is 0.324 e. The van der Waals surface area contributed by atoms with Crippen LogP contribution in [0.4, 0.5) is 0 Å². The number of nitrogens with zero attached hydrogens (tertiary/aromatic N) is 1. The van der Waals surface area contributed by atoms with Crippen molar-refractivity contribution < 1.29 is 17.9 Å². The van der Waals surface area contributed by atoms with Gasteiger partial charge in [0.05, 0.1) is 6.61 Å². The molecule has 0 aromatic rings. The first-order valence-corrected chi connectivity index (χ1v) is 5.24. The Bertz CT molecular complexity index is 298. The summed E-state index contributed by atoms with van der Waals surface area (Å²) in [6, 6.07) is -0.729. The molecule has 1 rings (SSSR count). The molecule has 1 heterocycles. The Kier molecular flexibility index (Phi) is 2.89. The normalized spacial score (nSPS) is 23.6. The predicted molar refractivity (Wildman–Crippen MR) is 45.1 cm³/mol. The molecule has 0 amide bonds. The molecular formula is C6H12N2O4S. The molecule has 0 aromatic heterocycles. The molecule has 0 spiro atoms. The number of nitrogens with one attached hydrogen (secondary N) is 1. The largest absolute Gasteiger partial charge is 0.464 e. The third-order valence-corrected chi connectivity index (χ3v) is 3.25. The minimum Gasteiger partial charge on any atom is -0.464 e. The maximum atomic E-state index is 11.2. The maximum absolute atomic E-state index is 11.2. The van der Waals surface area contributed by atoms with Crippen LogP contribution in [0.25, 0.3) is 0 Å². The first kappa shape index (κ1) is 10.4. The highest BCUT2D eigenvalue weighted by atomic mass is 32.2. The molecule has 0 radical (unpaired) electrons. The summed E-state index contributed by atoms with van der Waals surface area (Å²) >= 11 is 0. The fourth-order valence-corrected chi connectivity index (χ4v) is 1.67. The van der Waals surface area contributed by atoms with Gasteiger partial charge in [-0.1, -0.05) is 0 Å². The van der Waals surface area contributed by atoms with Crippen molar-refractivity contribution in [2.45, 2.75) is 12.5 Å². The van der Waals surface area contributed by atoms with E-state index in [0.717, 1.165) is 4.31 Å². The highest BCUT2D eigenvalue weighted by Crippen LogP contribution is 2.07. The van der Waals surface area contributed by atoms with Gasteiger partial charge in [-0.05, 0) is 0 Å². The number of cyclic esters (lactones) is 1. The van der Waals surface area contributed by atoms with E-state index in [0.29, 0.717) is 6.42 Å². The third-order valence-electron chi connectivity index (χ3n) is 1.71. The number of esters is 1. The lowest BCUT2D eigenvalue weighted by atomic mass is 10.3. The zero-order chi connectivity index (χ0) is 10.1. The van der Waals surface area contributed by atoms with E-state index in [9.17, 15) is 13.2 Å². The summed E-state index contributed by atoms with van der Waals surface area (Å²) < 4.78 is 30.3. The van der Waals surface area contributed by atoms with Crippen molar-refractivity contribution in [3.05, 3.63) is 0 Å². The van der Waals surface area contributed by atoms with Crippen LogP contribution in [0.5, 0.6) is 0 Å². The average molecular weight is 208 g/mol. The topological polar surface area (TPSA) is 75.7 Å². The van der Waals surface area contributed by atoms with E-state index in [4.69, 9.17) is 0 Å². The van der Waals surface area contributed by atoms with Gasteiger partial charge in [-0.3, -0.25) is 4.79 Å². The number of hydrogen-bond acceptors (Lipinski definition) is 4. The van der Waals surface area contributed by atoms with Crippen molar-refractivity contribution in [3.63, 3.8) is 0 Å². The lowest BCUT2D eigenvalue weighted by molar-refractivity contribution is -0.139. The number of hydrogen-bond donors (Lipinski definition) is 1. The fraction of sp³-hybridized carbons (Fsp3) is 0.833. The van der Waals surface area contributed by atoms with Gasteiger partial charge in [0, 0.05) is 20.5 Å². The van der Waals surface area contributed by atoms with Crippen LogP contribution in [0.15, 0.2) is 0 Å². The first-order valence-electron chi connectivity index (χ1n) is 3.80. The number of ether oxygens (including phenoxy) is 1. The predicted octanol–water partition coefficient (Wildman–Crippen LogP) is -1.30. The lowest BCUT2D eigenvalue weighted by Gasteiger charge is -2.14. The number of carbonyl (C=O) groups excluding carboxylic acids is 1. The molecule has 0 saturated carbocycles. The second-order valence-corrected chi connectivity index (χ2v) is 4.83. The summed E-state index contributed by atoms with van der Waals surface area (Å²) in [5.74, 6) is -0.509. The molecular weight excluding hydrogens is 196 g/mol. The van der Waals surface area contributed by atoms with Crippen molar-refractivity contribution in [2.75, 3.05) is 20.7 Å². The molecule has 0 aliphatic carbocycles. The summed E-state index contributed by atoms with van der Waals surface area (Å²) in [6.45, 7) is 0.277. The molecule has 1 fully saturated rings. The van der Waals surface area contributed by atoms with Gasteiger partial charge in [-0.2, -0.15) is 17.4 Å². The maximum Gasteiger partial charge on any atom is 0.324 e. The second-order valence-electron chi connectivity index (χ2n) is 2.91.